The molecule has 2 aromatic carbocycles. The van der Waals surface area contributed by atoms with Crippen molar-refractivity contribution in [1.29, 1.82) is 0 Å². The summed E-state index contributed by atoms with van der Waals surface area (Å²) in [5.74, 6) is -0.0487. The highest BCUT2D eigenvalue weighted by molar-refractivity contribution is 6.14. The Hall–Kier alpha value is -2.62. The lowest BCUT2D eigenvalue weighted by atomic mass is 9.89. The zero-order valence-corrected chi connectivity index (χ0v) is 13.1. The summed E-state index contributed by atoms with van der Waals surface area (Å²) in [4.78, 5) is 27.1. The number of methoxy groups -OCH3 is 1. The molecule has 0 spiro atoms. The number of piperidine rings is 1. The van der Waals surface area contributed by atoms with Gasteiger partial charge in [-0.3, -0.25) is 9.59 Å². The number of benzene rings is 2. The van der Waals surface area contributed by atoms with E-state index in [1.54, 1.807) is 24.1 Å². The number of ether oxygens (including phenoxy) is 1. The molecule has 4 heteroatoms. The third-order valence-corrected chi connectivity index (χ3v) is 4.20. The molecular weight excluding hydrogens is 290 g/mol. The van der Waals surface area contributed by atoms with E-state index in [4.69, 9.17) is 4.74 Å². The van der Waals surface area contributed by atoms with Gasteiger partial charge in [0.05, 0.1) is 7.11 Å². The van der Waals surface area contributed by atoms with Crippen molar-refractivity contribution >= 4 is 17.4 Å². The Balaban J connectivity index is 1.82. The molecule has 0 aromatic heterocycles. The van der Waals surface area contributed by atoms with Gasteiger partial charge in [-0.1, -0.05) is 30.3 Å². The second kappa shape index (κ2) is 6.65. The van der Waals surface area contributed by atoms with Gasteiger partial charge in [0, 0.05) is 17.8 Å². The molecule has 3 rings (SSSR count). The maximum atomic E-state index is 12.8. The lowest BCUT2D eigenvalue weighted by molar-refractivity contribution is -0.122. The molecular formula is C19H19NO3. The van der Waals surface area contributed by atoms with Gasteiger partial charge in [-0.2, -0.15) is 0 Å². The number of carbonyl (C=O) groups excluding carboxylic acids is 2. The molecule has 1 amide bonds. The average molecular weight is 309 g/mol. The van der Waals surface area contributed by atoms with Gasteiger partial charge in [0.1, 0.15) is 11.7 Å². The number of amides is 1. The third-order valence-electron chi connectivity index (χ3n) is 4.20. The number of hydrogen-bond acceptors (Lipinski definition) is 3. The Morgan fingerprint density at radius 2 is 1.78 bits per heavy atom. The first-order valence-corrected chi connectivity index (χ1v) is 7.75. The second-order valence-electron chi connectivity index (χ2n) is 5.61. The van der Waals surface area contributed by atoms with Gasteiger partial charge in [-0.15, -0.1) is 0 Å². The van der Waals surface area contributed by atoms with Crippen molar-refractivity contribution in [3.8, 4) is 5.75 Å². The molecule has 0 radical (unpaired) electrons. The smallest absolute Gasteiger partial charge is 0.237 e. The van der Waals surface area contributed by atoms with E-state index >= 15 is 0 Å². The number of Topliss-reactive ketones (excluding diaryl/α,β-unsaturated/α-hetero) is 1. The predicted octanol–water partition coefficient (Wildman–Crippen LogP) is 3.32. The van der Waals surface area contributed by atoms with Crippen LogP contribution in [0.5, 0.6) is 5.75 Å². The molecule has 1 aliphatic rings. The number of anilines is 1. The molecule has 1 unspecified atom stereocenters. The highest BCUT2D eigenvalue weighted by Gasteiger charge is 2.35. The molecule has 0 aliphatic carbocycles. The topological polar surface area (TPSA) is 46.6 Å². The molecule has 4 nitrogen and oxygen atoms in total. The first-order chi connectivity index (χ1) is 11.2. The largest absolute Gasteiger partial charge is 0.497 e. The second-order valence-corrected chi connectivity index (χ2v) is 5.61. The van der Waals surface area contributed by atoms with E-state index in [0.717, 1.165) is 17.9 Å². The van der Waals surface area contributed by atoms with E-state index in [1.165, 1.54) is 0 Å². The Labute approximate surface area is 135 Å². The molecule has 1 saturated heterocycles. The lowest BCUT2D eigenvalue weighted by Gasteiger charge is -2.31. The number of ketones is 1. The fourth-order valence-electron chi connectivity index (χ4n) is 2.94. The minimum Gasteiger partial charge on any atom is -0.497 e. The van der Waals surface area contributed by atoms with E-state index in [1.807, 2.05) is 42.5 Å². The summed E-state index contributed by atoms with van der Waals surface area (Å²) >= 11 is 0. The van der Waals surface area contributed by atoms with Crippen LogP contribution in [0.25, 0.3) is 0 Å². The highest BCUT2D eigenvalue weighted by Crippen LogP contribution is 2.28. The average Bonchev–Trinajstić information content (AvgIpc) is 2.62. The van der Waals surface area contributed by atoms with E-state index in [9.17, 15) is 9.59 Å². The van der Waals surface area contributed by atoms with Gasteiger partial charge in [-0.25, -0.2) is 0 Å². The molecule has 0 saturated carbocycles. The van der Waals surface area contributed by atoms with Crippen molar-refractivity contribution in [2.45, 2.75) is 12.8 Å². The van der Waals surface area contributed by atoms with Crippen molar-refractivity contribution in [3.63, 3.8) is 0 Å². The van der Waals surface area contributed by atoms with Crippen molar-refractivity contribution in [2.24, 2.45) is 5.92 Å². The van der Waals surface area contributed by atoms with E-state index < -0.39 is 5.92 Å². The van der Waals surface area contributed by atoms with E-state index in [0.29, 0.717) is 18.5 Å². The van der Waals surface area contributed by atoms with Crippen molar-refractivity contribution in [1.82, 2.24) is 0 Å². The third kappa shape index (κ3) is 3.11. The fourth-order valence-corrected chi connectivity index (χ4v) is 2.94. The van der Waals surface area contributed by atoms with Gasteiger partial charge in [0.15, 0.2) is 5.78 Å². The molecule has 23 heavy (non-hydrogen) atoms. The van der Waals surface area contributed by atoms with Crippen LogP contribution in [0.1, 0.15) is 23.2 Å². The van der Waals surface area contributed by atoms with Crippen molar-refractivity contribution in [3.05, 3.63) is 60.2 Å². The monoisotopic (exact) mass is 309 g/mol. The predicted molar refractivity (Wildman–Crippen MR) is 88.8 cm³/mol. The SMILES string of the molecule is COc1ccc(N2CCCC(C(=O)c3ccccc3)C2=O)cc1. The first kappa shape index (κ1) is 15.3. The minimum absolute atomic E-state index is 0.0891. The standard InChI is InChI=1S/C19H19NO3/c1-23-16-11-9-15(10-12-16)20-13-5-8-17(19(20)22)18(21)14-6-3-2-4-7-14/h2-4,6-7,9-12,17H,5,8,13H2,1H3. The van der Waals surface area contributed by atoms with E-state index in [-0.39, 0.29) is 11.7 Å². The summed E-state index contributed by atoms with van der Waals surface area (Å²) < 4.78 is 5.14. The zero-order valence-electron chi connectivity index (χ0n) is 13.1. The van der Waals surface area contributed by atoms with Gasteiger partial charge < -0.3 is 9.64 Å². The summed E-state index contributed by atoms with van der Waals surface area (Å²) in [6.45, 7) is 0.643. The van der Waals surface area contributed by atoms with Gasteiger partial charge in [-0.05, 0) is 37.1 Å². The number of carbonyl (C=O) groups is 2. The van der Waals surface area contributed by atoms with Crippen LogP contribution in [-0.2, 0) is 4.79 Å². The molecule has 1 atom stereocenters. The maximum Gasteiger partial charge on any atom is 0.237 e. The van der Waals surface area contributed by atoms with Gasteiger partial charge in [0.25, 0.3) is 0 Å². The summed E-state index contributed by atoms with van der Waals surface area (Å²) in [6, 6.07) is 16.4. The van der Waals surface area contributed by atoms with Crippen LogP contribution < -0.4 is 9.64 Å². The Morgan fingerprint density at radius 1 is 1.09 bits per heavy atom. The normalized spacial score (nSPS) is 17.9. The van der Waals surface area contributed by atoms with Crippen LogP contribution in [0.2, 0.25) is 0 Å². The van der Waals surface area contributed by atoms with E-state index in [2.05, 4.69) is 0 Å². The van der Waals surface area contributed by atoms with Crippen LogP contribution in [0.3, 0.4) is 0 Å². The summed E-state index contributed by atoms with van der Waals surface area (Å²) in [7, 11) is 1.61. The Morgan fingerprint density at radius 3 is 2.43 bits per heavy atom. The van der Waals surface area contributed by atoms with Crippen LogP contribution in [0.15, 0.2) is 54.6 Å². The molecule has 1 aliphatic heterocycles. The molecule has 0 bridgehead atoms. The quantitative estimate of drug-likeness (QED) is 0.643. The molecule has 1 fully saturated rings. The summed E-state index contributed by atoms with van der Waals surface area (Å²) in [5, 5.41) is 0. The maximum absolute atomic E-state index is 12.8. The number of hydrogen-bond donors (Lipinski definition) is 0. The number of rotatable bonds is 4. The number of nitrogens with zero attached hydrogens (tertiary/aromatic N) is 1. The summed E-state index contributed by atoms with van der Waals surface area (Å²) in [6.07, 6.45) is 1.43. The zero-order chi connectivity index (χ0) is 16.2. The fraction of sp³-hybridized carbons (Fsp3) is 0.263. The van der Waals surface area contributed by atoms with Crippen LogP contribution in [0.4, 0.5) is 5.69 Å². The van der Waals surface area contributed by atoms with Crippen LogP contribution in [0, 0.1) is 5.92 Å². The van der Waals surface area contributed by atoms with Crippen LogP contribution in [-0.4, -0.2) is 25.3 Å². The molecule has 1 heterocycles. The van der Waals surface area contributed by atoms with Crippen LogP contribution >= 0.6 is 0 Å². The first-order valence-electron chi connectivity index (χ1n) is 7.75. The van der Waals surface area contributed by atoms with Gasteiger partial charge in [0.2, 0.25) is 5.91 Å². The molecule has 2 aromatic rings. The van der Waals surface area contributed by atoms with Crippen molar-refractivity contribution in [2.75, 3.05) is 18.6 Å². The lowest BCUT2D eigenvalue weighted by Crippen LogP contribution is -2.44. The Bertz CT molecular complexity index is 694. The van der Waals surface area contributed by atoms with Crippen molar-refractivity contribution < 1.29 is 14.3 Å². The molecule has 0 N–H and O–H groups in total. The molecule has 118 valence electrons. The summed E-state index contributed by atoms with van der Waals surface area (Å²) in [5.41, 5.74) is 1.41. The van der Waals surface area contributed by atoms with Gasteiger partial charge >= 0.3 is 0 Å². The highest BCUT2D eigenvalue weighted by atomic mass is 16.5. The minimum atomic E-state index is -0.590. The Kier molecular flexibility index (Phi) is 4.42.